The molecular weight excluding hydrogens is 432 g/mol. The van der Waals surface area contributed by atoms with Crippen LogP contribution in [0.15, 0.2) is 77.7 Å². The number of sulfone groups is 1. The van der Waals surface area contributed by atoms with E-state index in [1.807, 2.05) is 55.5 Å². The van der Waals surface area contributed by atoms with Crippen LogP contribution in [0.2, 0.25) is 0 Å². The summed E-state index contributed by atoms with van der Waals surface area (Å²) in [5.74, 6) is 0.747. The van der Waals surface area contributed by atoms with Crippen LogP contribution in [0.5, 0.6) is 11.5 Å². The van der Waals surface area contributed by atoms with Gasteiger partial charge in [0.1, 0.15) is 11.5 Å². The number of benzene rings is 3. The van der Waals surface area contributed by atoms with Crippen molar-refractivity contribution in [3.05, 3.63) is 78.4 Å². The lowest BCUT2D eigenvalue weighted by Crippen LogP contribution is -2.17. The zero-order chi connectivity index (χ0) is 21.8. The number of amides is 1. The summed E-state index contributed by atoms with van der Waals surface area (Å²) < 4.78 is 31.5. The van der Waals surface area contributed by atoms with E-state index in [1.54, 1.807) is 24.3 Å². The molecule has 8 heteroatoms. The summed E-state index contributed by atoms with van der Waals surface area (Å²) in [4.78, 5) is 16.9. The number of carbonyl (C=O) groups excluding carboxylic acids is 1. The van der Waals surface area contributed by atoms with Gasteiger partial charge in [-0.15, -0.1) is 0 Å². The molecule has 0 saturated carbocycles. The quantitative estimate of drug-likeness (QED) is 0.417. The Morgan fingerprint density at radius 3 is 2.48 bits per heavy atom. The molecule has 1 amide bonds. The molecule has 3 aromatic carbocycles. The van der Waals surface area contributed by atoms with E-state index < -0.39 is 15.7 Å². The van der Waals surface area contributed by atoms with Crippen LogP contribution in [0.25, 0.3) is 10.2 Å². The van der Waals surface area contributed by atoms with Crippen LogP contribution in [-0.4, -0.2) is 25.1 Å². The number of thiazole rings is 1. The van der Waals surface area contributed by atoms with E-state index in [-0.39, 0.29) is 17.1 Å². The van der Waals surface area contributed by atoms with Gasteiger partial charge in [0.25, 0.3) is 0 Å². The van der Waals surface area contributed by atoms with Crippen LogP contribution < -0.4 is 10.1 Å². The SMILES string of the molecule is Cc1ccc(S(=O)(=O)CCC(=O)Nc2nc3ccc(Oc4ccccc4)cc3s2)cc1. The summed E-state index contributed by atoms with van der Waals surface area (Å²) in [5, 5.41) is 3.12. The number of rotatable bonds is 7. The maximum absolute atomic E-state index is 12.4. The van der Waals surface area contributed by atoms with Gasteiger partial charge in [-0.2, -0.15) is 0 Å². The third-order valence-electron chi connectivity index (χ3n) is 4.56. The summed E-state index contributed by atoms with van der Waals surface area (Å²) >= 11 is 1.31. The minimum atomic E-state index is -3.52. The monoisotopic (exact) mass is 452 g/mol. The van der Waals surface area contributed by atoms with Crippen molar-refractivity contribution in [2.24, 2.45) is 0 Å². The molecule has 0 fully saturated rings. The fourth-order valence-electron chi connectivity index (χ4n) is 2.92. The summed E-state index contributed by atoms with van der Waals surface area (Å²) in [5.41, 5.74) is 1.71. The van der Waals surface area contributed by atoms with Crippen LogP contribution in [0.4, 0.5) is 5.13 Å². The van der Waals surface area contributed by atoms with Gasteiger partial charge < -0.3 is 10.1 Å². The van der Waals surface area contributed by atoms with Crippen molar-refractivity contribution >= 4 is 42.4 Å². The van der Waals surface area contributed by atoms with Crippen molar-refractivity contribution in [2.75, 3.05) is 11.1 Å². The largest absolute Gasteiger partial charge is 0.457 e. The third-order valence-corrected chi connectivity index (χ3v) is 7.23. The van der Waals surface area contributed by atoms with Crippen molar-refractivity contribution in [3.63, 3.8) is 0 Å². The van der Waals surface area contributed by atoms with Gasteiger partial charge in [-0.25, -0.2) is 13.4 Å². The number of hydrogen-bond donors (Lipinski definition) is 1. The fourth-order valence-corrected chi connectivity index (χ4v) is 5.07. The van der Waals surface area contributed by atoms with Gasteiger partial charge in [-0.3, -0.25) is 4.79 Å². The standard InChI is InChI=1S/C23H20N2O4S2/c1-16-7-10-19(11-8-16)31(27,28)14-13-22(26)25-23-24-20-12-9-18(15-21(20)30-23)29-17-5-3-2-4-6-17/h2-12,15H,13-14H2,1H3,(H,24,25,26). The van der Waals surface area contributed by atoms with E-state index in [0.29, 0.717) is 10.9 Å². The molecule has 1 N–H and O–H groups in total. The normalized spacial score (nSPS) is 11.4. The smallest absolute Gasteiger partial charge is 0.227 e. The Labute approximate surface area is 184 Å². The van der Waals surface area contributed by atoms with E-state index in [1.165, 1.54) is 11.3 Å². The number of nitrogens with one attached hydrogen (secondary N) is 1. The van der Waals surface area contributed by atoms with Gasteiger partial charge in [0.2, 0.25) is 5.91 Å². The molecule has 0 unspecified atom stereocenters. The second kappa shape index (κ2) is 8.87. The van der Waals surface area contributed by atoms with Crippen molar-refractivity contribution in [3.8, 4) is 11.5 Å². The molecule has 0 bridgehead atoms. The highest BCUT2D eigenvalue weighted by Crippen LogP contribution is 2.31. The number of hydrogen-bond acceptors (Lipinski definition) is 6. The van der Waals surface area contributed by atoms with Crippen molar-refractivity contribution in [2.45, 2.75) is 18.2 Å². The molecule has 0 aliphatic rings. The van der Waals surface area contributed by atoms with E-state index in [2.05, 4.69) is 10.3 Å². The zero-order valence-corrected chi connectivity index (χ0v) is 18.4. The summed E-state index contributed by atoms with van der Waals surface area (Å²) in [7, 11) is -3.52. The van der Waals surface area contributed by atoms with Gasteiger partial charge in [0.15, 0.2) is 15.0 Å². The Kier molecular flexibility index (Phi) is 6.01. The molecule has 0 spiro atoms. The highest BCUT2D eigenvalue weighted by atomic mass is 32.2. The van der Waals surface area contributed by atoms with Crippen molar-refractivity contribution in [1.82, 2.24) is 4.98 Å². The second-order valence-corrected chi connectivity index (χ2v) is 10.1. The molecule has 0 radical (unpaired) electrons. The topological polar surface area (TPSA) is 85.4 Å². The van der Waals surface area contributed by atoms with Crippen LogP contribution >= 0.6 is 11.3 Å². The number of nitrogens with zero attached hydrogens (tertiary/aromatic N) is 1. The number of anilines is 1. The first kappa shape index (κ1) is 21.0. The number of aromatic nitrogens is 1. The van der Waals surface area contributed by atoms with Crippen LogP contribution in [0.3, 0.4) is 0 Å². The molecule has 0 saturated heterocycles. The number of carbonyl (C=O) groups is 1. The molecule has 0 aliphatic carbocycles. The minimum absolute atomic E-state index is 0.144. The van der Waals surface area contributed by atoms with Gasteiger partial charge in [0, 0.05) is 12.5 Å². The maximum atomic E-state index is 12.4. The van der Waals surface area contributed by atoms with Gasteiger partial charge >= 0.3 is 0 Å². The van der Waals surface area contributed by atoms with E-state index in [4.69, 9.17) is 4.74 Å². The minimum Gasteiger partial charge on any atom is -0.457 e. The lowest BCUT2D eigenvalue weighted by atomic mass is 10.2. The molecule has 0 aliphatic heterocycles. The molecule has 158 valence electrons. The lowest BCUT2D eigenvalue weighted by Gasteiger charge is -2.05. The Morgan fingerprint density at radius 2 is 1.74 bits per heavy atom. The Hall–Kier alpha value is -3.23. The number of para-hydroxylation sites is 1. The van der Waals surface area contributed by atoms with Crippen LogP contribution in [0.1, 0.15) is 12.0 Å². The molecular formula is C23H20N2O4S2. The lowest BCUT2D eigenvalue weighted by molar-refractivity contribution is -0.115. The number of ether oxygens (including phenoxy) is 1. The van der Waals surface area contributed by atoms with Crippen molar-refractivity contribution < 1.29 is 17.9 Å². The first-order valence-corrected chi connectivity index (χ1v) is 12.1. The molecule has 1 aromatic heterocycles. The number of aryl methyl sites for hydroxylation is 1. The third kappa shape index (κ3) is 5.28. The van der Waals surface area contributed by atoms with Crippen LogP contribution in [-0.2, 0) is 14.6 Å². The average molecular weight is 453 g/mol. The second-order valence-electron chi connectivity index (χ2n) is 6.99. The molecule has 6 nitrogen and oxygen atoms in total. The Morgan fingerprint density at radius 1 is 1.00 bits per heavy atom. The predicted molar refractivity (Wildman–Crippen MR) is 123 cm³/mol. The Bertz CT molecular complexity index is 1310. The Balaban J connectivity index is 1.40. The number of fused-ring (bicyclic) bond motifs is 1. The predicted octanol–water partition coefficient (Wildman–Crippen LogP) is 5.20. The van der Waals surface area contributed by atoms with E-state index in [0.717, 1.165) is 21.5 Å². The highest BCUT2D eigenvalue weighted by molar-refractivity contribution is 7.91. The van der Waals surface area contributed by atoms with E-state index in [9.17, 15) is 13.2 Å². The first-order chi connectivity index (χ1) is 14.9. The molecule has 31 heavy (non-hydrogen) atoms. The first-order valence-electron chi connectivity index (χ1n) is 9.62. The van der Waals surface area contributed by atoms with Gasteiger partial charge in [0.05, 0.1) is 20.9 Å². The van der Waals surface area contributed by atoms with Gasteiger partial charge in [-0.1, -0.05) is 47.2 Å². The molecule has 4 aromatic rings. The molecule has 4 rings (SSSR count). The fraction of sp³-hybridized carbons (Fsp3) is 0.130. The summed E-state index contributed by atoms with van der Waals surface area (Å²) in [6.45, 7) is 1.89. The maximum Gasteiger partial charge on any atom is 0.227 e. The highest BCUT2D eigenvalue weighted by Gasteiger charge is 2.17. The van der Waals surface area contributed by atoms with Crippen LogP contribution in [0, 0.1) is 6.92 Å². The average Bonchev–Trinajstić information content (AvgIpc) is 3.15. The summed E-state index contributed by atoms with van der Waals surface area (Å²) in [6, 6.07) is 21.5. The zero-order valence-electron chi connectivity index (χ0n) is 16.7. The molecule has 0 atom stereocenters. The summed E-state index contributed by atoms with van der Waals surface area (Å²) in [6.07, 6.45) is -0.144. The van der Waals surface area contributed by atoms with Gasteiger partial charge in [-0.05, 0) is 43.3 Å². The molecule has 1 heterocycles. The van der Waals surface area contributed by atoms with Crippen molar-refractivity contribution in [1.29, 1.82) is 0 Å². The van der Waals surface area contributed by atoms with E-state index >= 15 is 0 Å².